The number of rotatable bonds is 12. The van der Waals surface area contributed by atoms with Gasteiger partial charge in [-0.15, -0.1) is 5.10 Å². The molecule has 1 amide bonds. The highest BCUT2D eigenvalue weighted by Crippen LogP contribution is 2.15. The van der Waals surface area contributed by atoms with E-state index < -0.39 is 12.9 Å². The number of benzene rings is 1. The molecule has 0 aliphatic rings. The Morgan fingerprint density at radius 2 is 1.86 bits per heavy atom. The molecule has 8 nitrogen and oxygen atoms in total. The maximum atomic E-state index is 12.2. The Balaban J connectivity index is 1.79. The maximum absolute atomic E-state index is 12.2. The highest BCUT2D eigenvalue weighted by molar-refractivity contribution is 5.91. The molecule has 0 radical (unpaired) electrons. The van der Waals surface area contributed by atoms with Crippen LogP contribution in [0.2, 0.25) is 0 Å². The van der Waals surface area contributed by atoms with Gasteiger partial charge in [0.1, 0.15) is 5.75 Å². The summed E-state index contributed by atoms with van der Waals surface area (Å²) in [7, 11) is 0. The number of carbonyl (C=O) groups excluding carboxylic acids is 1. The molecule has 154 valence electrons. The Bertz CT molecular complexity index is 719. The fraction of sp³-hybridized carbons (Fsp3) is 0.500. The largest absolute Gasteiger partial charge is 0.435 e. The molecule has 0 saturated carbocycles. The van der Waals surface area contributed by atoms with Gasteiger partial charge in [0.05, 0.1) is 12.7 Å². The van der Waals surface area contributed by atoms with E-state index in [9.17, 15) is 13.6 Å². The van der Waals surface area contributed by atoms with Gasteiger partial charge in [-0.25, -0.2) is 4.68 Å². The average Bonchev–Trinajstić information content (AvgIpc) is 3.12. The molecule has 2 aromatic rings. The predicted molar refractivity (Wildman–Crippen MR) is 96.2 cm³/mol. The van der Waals surface area contributed by atoms with Gasteiger partial charge >= 0.3 is 6.61 Å². The smallest absolute Gasteiger partial charge is 0.387 e. The van der Waals surface area contributed by atoms with Crippen LogP contribution in [0.5, 0.6) is 5.75 Å². The Morgan fingerprint density at radius 1 is 1.18 bits per heavy atom. The van der Waals surface area contributed by atoms with E-state index in [2.05, 4.69) is 20.4 Å². The number of ether oxygens (including phenoxy) is 3. The van der Waals surface area contributed by atoms with Crippen LogP contribution in [0.4, 0.5) is 8.78 Å². The number of alkyl halides is 2. The summed E-state index contributed by atoms with van der Waals surface area (Å²) in [5.41, 5.74) is 1.06. The summed E-state index contributed by atoms with van der Waals surface area (Å²) in [6.07, 6.45) is 1.60. The third kappa shape index (κ3) is 7.20. The lowest BCUT2D eigenvalue weighted by atomic mass is 10.1. The second-order valence-corrected chi connectivity index (χ2v) is 5.69. The van der Waals surface area contributed by atoms with E-state index in [1.165, 1.54) is 23.0 Å². The molecule has 0 unspecified atom stereocenters. The molecule has 0 aliphatic heterocycles. The molecule has 10 heteroatoms. The lowest BCUT2D eigenvalue weighted by Crippen LogP contribution is -2.26. The predicted octanol–water partition coefficient (Wildman–Crippen LogP) is 2.25. The standard InChI is InChI=1S/C18H24F2N4O4/c1-3-26-16(27-4-2)12-24-11-15(22-23-24)17(25)21-10-9-13-5-7-14(8-6-13)28-18(19)20/h5-8,11,16,18H,3-4,9-10,12H2,1-2H3,(H,21,25). The van der Waals surface area contributed by atoms with Crippen LogP contribution in [0.3, 0.4) is 0 Å². The number of carbonyl (C=O) groups is 1. The van der Waals surface area contributed by atoms with Crippen molar-refractivity contribution in [1.29, 1.82) is 0 Å². The van der Waals surface area contributed by atoms with E-state index in [-0.39, 0.29) is 17.4 Å². The van der Waals surface area contributed by atoms with Gasteiger partial charge in [-0.2, -0.15) is 8.78 Å². The SMILES string of the molecule is CCOC(Cn1cc(C(=O)NCCc2ccc(OC(F)F)cc2)nn1)OCC. The van der Waals surface area contributed by atoms with Crippen molar-refractivity contribution in [2.24, 2.45) is 0 Å². The first kappa shape index (κ1) is 21.7. The molecule has 1 aromatic carbocycles. The molecular formula is C18H24F2N4O4. The number of aromatic nitrogens is 3. The molecule has 1 aromatic heterocycles. The summed E-state index contributed by atoms with van der Waals surface area (Å²) >= 11 is 0. The van der Waals surface area contributed by atoms with Crippen LogP contribution in [0.15, 0.2) is 30.5 Å². The van der Waals surface area contributed by atoms with Gasteiger partial charge in [0.25, 0.3) is 5.91 Å². The van der Waals surface area contributed by atoms with Crippen molar-refractivity contribution < 1.29 is 27.8 Å². The van der Waals surface area contributed by atoms with Crippen LogP contribution in [0.25, 0.3) is 0 Å². The van der Waals surface area contributed by atoms with Gasteiger partial charge in [-0.05, 0) is 38.0 Å². The minimum Gasteiger partial charge on any atom is -0.435 e. The number of amides is 1. The molecule has 0 saturated heterocycles. The normalized spacial score (nSPS) is 11.2. The van der Waals surface area contributed by atoms with Crippen molar-refractivity contribution in [3.8, 4) is 5.75 Å². The Hall–Kier alpha value is -2.59. The summed E-state index contributed by atoms with van der Waals surface area (Å²) in [6.45, 7) is 2.58. The summed E-state index contributed by atoms with van der Waals surface area (Å²) in [5.74, 6) is -0.259. The van der Waals surface area contributed by atoms with E-state index in [0.29, 0.717) is 32.7 Å². The lowest BCUT2D eigenvalue weighted by Gasteiger charge is -2.16. The Kier molecular flexibility index (Phi) is 8.76. The minimum atomic E-state index is -2.85. The molecular weight excluding hydrogens is 374 g/mol. The fourth-order valence-electron chi connectivity index (χ4n) is 2.42. The summed E-state index contributed by atoms with van der Waals surface area (Å²) in [5, 5.41) is 10.5. The first-order chi connectivity index (χ1) is 13.5. The Morgan fingerprint density at radius 3 is 2.46 bits per heavy atom. The third-order valence-corrected chi connectivity index (χ3v) is 3.66. The summed E-state index contributed by atoms with van der Waals surface area (Å²) in [4.78, 5) is 12.2. The second-order valence-electron chi connectivity index (χ2n) is 5.69. The quantitative estimate of drug-likeness (QED) is 0.552. The molecule has 0 fully saturated rings. The molecule has 1 heterocycles. The van der Waals surface area contributed by atoms with Gasteiger partial charge in [-0.1, -0.05) is 17.3 Å². The fourth-order valence-corrected chi connectivity index (χ4v) is 2.42. The molecule has 0 spiro atoms. The first-order valence-electron chi connectivity index (χ1n) is 8.97. The van der Waals surface area contributed by atoms with Crippen LogP contribution >= 0.6 is 0 Å². The number of nitrogens with one attached hydrogen (secondary N) is 1. The number of nitrogens with zero attached hydrogens (tertiary/aromatic N) is 3. The van der Waals surface area contributed by atoms with Crippen molar-refractivity contribution in [2.45, 2.75) is 39.7 Å². The maximum Gasteiger partial charge on any atom is 0.387 e. The van der Waals surface area contributed by atoms with Crippen molar-refractivity contribution in [3.05, 3.63) is 41.7 Å². The molecule has 28 heavy (non-hydrogen) atoms. The third-order valence-electron chi connectivity index (χ3n) is 3.66. The van der Waals surface area contributed by atoms with Gasteiger partial charge < -0.3 is 19.5 Å². The van der Waals surface area contributed by atoms with Crippen molar-refractivity contribution in [3.63, 3.8) is 0 Å². The summed E-state index contributed by atoms with van der Waals surface area (Å²) in [6, 6.07) is 6.26. The van der Waals surface area contributed by atoms with Crippen LogP contribution in [0.1, 0.15) is 29.9 Å². The van der Waals surface area contributed by atoms with E-state index >= 15 is 0 Å². The number of hydrogen-bond donors (Lipinski definition) is 1. The van der Waals surface area contributed by atoms with E-state index in [4.69, 9.17) is 9.47 Å². The molecule has 0 aliphatic carbocycles. The zero-order valence-electron chi connectivity index (χ0n) is 15.8. The molecule has 0 bridgehead atoms. The monoisotopic (exact) mass is 398 g/mol. The molecule has 2 rings (SSSR count). The van der Waals surface area contributed by atoms with Crippen LogP contribution in [-0.2, 0) is 22.4 Å². The zero-order valence-corrected chi connectivity index (χ0v) is 15.8. The second kappa shape index (κ2) is 11.3. The molecule has 0 atom stereocenters. The van der Waals surface area contributed by atoms with E-state index in [0.717, 1.165) is 5.56 Å². The van der Waals surface area contributed by atoms with Gasteiger partial charge in [0.15, 0.2) is 12.0 Å². The first-order valence-corrected chi connectivity index (χ1v) is 8.97. The van der Waals surface area contributed by atoms with Gasteiger partial charge in [0.2, 0.25) is 0 Å². The highest BCUT2D eigenvalue weighted by Gasteiger charge is 2.14. The zero-order chi connectivity index (χ0) is 20.4. The van der Waals surface area contributed by atoms with Crippen molar-refractivity contribution in [2.75, 3.05) is 19.8 Å². The van der Waals surface area contributed by atoms with Crippen LogP contribution < -0.4 is 10.1 Å². The number of halogens is 2. The topological polar surface area (TPSA) is 87.5 Å². The van der Waals surface area contributed by atoms with Gasteiger partial charge in [-0.3, -0.25) is 4.79 Å². The van der Waals surface area contributed by atoms with Crippen molar-refractivity contribution in [1.82, 2.24) is 20.3 Å². The van der Waals surface area contributed by atoms with Crippen molar-refractivity contribution >= 4 is 5.91 Å². The summed E-state index contributed by atoms with van der Waals surface area (Å²) < 4.78 is 40.9. The Labute approximate surface area is 161 Å². The molecule has 1 N–H and O–H groups in total. The number of hydrogen-bond acceptors (Lipinski definition) is 6. The average molecular weight is 398 g/mol. The minimum absolute atomic E-state index is 0.0943. The van der Waals surface area contributed by atoms with E-state index in [1.54, 1.807) is 12.1 Å². The van der Waals surface area contributed by atoms with Gasteiger partial charge in [0, 0.05) is 19.8 Å². The highest BCUT2D eigenvalue weighted by atomic mass is 19.3. The lowest BCUT2D eigenvalue weighted by molar-refractivity contribution is -0.145. The van der Waals surface area contributed by atoms with Crippen LogP contribution in [0, 0.1) is 0 Å². The van der Waals surface area contributed by atoms with Crippen LogP contribution in [-0.4, -0.2) is 53.6 Å². The van der Waals surface area contributed by atoms with E-state index in [1.807, 2.05) is 13.8 Å².